The van der Waals surface area contributed by atoms with E-state index >= 15 is 0 Å². The van der Waals surface area contributed by atoms with Crippen LogP contribution in [0.25, 0.3) is 0 Å². The van der Waals surface area contributed by atoms with Crippen molar-refractivity contribution < 1.29 is 19.1 Å². The molecule has 0 spiro atoms. The van der Waals surface area contributed by atoms with Gasteiger partial charge in [-0.1, -0.05) is 30.3 Å². The van der Waals surface area contributed by atoms with E-state index in [-0.39, 0.29) is 24.7 Å². The molecule has 0 aliphatic carbocycles. The first-order valence-corrected chi connectivity index (χ1v) is 6.85. The second kappa shape index (κ2) is 7.08. The van der Waals surface area contributed by atoms with Crippen LogP contribution in [0, 0.1) is 0 Å². The third-order valence-corrected chi connectivity index (χ3v) is 3.56. The van der Waals surface area contributed by atoms with Gasteiger partial charge < -0.3 is 14.8 Å². The lowest BCUT2D eigenvalue weighted by molar-refractivity contribution is -0.145. The van der Waals surface area contributed by atoms with Gasteiger partial charge in [0.15, 0.2) is 0 Å². The molecule has 114 valence electrons. The third-order valence-electron chi connectivity index (χ3n) is 3.56. The highest BCUT2D eigenvalue weighted by atomic mass is 16.5. The van der Waals surface area contributed by atoms with Crippen LogP contribution >= 0.6 is 0 Å². The smallest absolute Gasteiger partial charge is 0.407 e. The summed E-state index contributed by atoms with van der Waals surface area (Å²) in [7, 11) is 3.20. The average Bonchev–Trinajstić information content (AvgIpc) is 2.86. The lowest BCUT2D eigenvalue weighted by atomic mass is 10.2. The highest BCUT2D eigenvalue weighted by Crippen LogP contribution is 2.17. The third kappa shape index (κ3) is 4.19. The zero-order valence-corrected chi connectivity index (χ0v) is 12.2. The van der Waals surface area contributed by atoms with E-state index < -0.39 is 6.09 Å². The molecular weight excluding hydrogens is 272 g/mol. The number of carbonyl (C=O) groups is 2. The number of carbonyl (C=O) groups excluding carboxylic acids is 2. The first kappa shape index (κ1) is 15.3. The Balaban J connectivity index is 1.77. The summed E-state index contributed by atoms with van der Waals surface area (Å²) in [5.74, 6) is -0.278. The first-order valence-electron chi connectivity index (χ1n) is 6.85. The van der Waals surface area contributed by atoms with Crippen LogP contribution in [0.4, 0.5) is 4.79 Å². The first-order chi connectivity index (χ1) is 10.1. The van der Waals surface area contributed by atoms with Gasteiger partial charge in [0.05, 0.1) is 7.11 Å². The molecule has 2 rings (SSSR count). The number of hydrogen-bond acceptors (Lipinski definition) is 5. The van der Waals surface area contributed by atoms with Gasteiger partial charge in [0.25, 0.3) is 0 Å². The number of alkyl carbamates (subject to hydrolysis) is 1. The van der Waals surface area contributed by atoms with Crippen LogP contribution in [-0.2, 0) is 20.9 Å². The molecule has 2 unspecified atom stereocenters. The van der Waals surface area contributed by atoms with Crippen molar-refractivity contribution in [2.75, 3.05) is 20.7 Å². The van der Waals surface area contributed by atoms with Gasteiger partial charge in [-0.05, 0) is 19.0 Å². The van der Waals surface area contributed by atoms with Gasteiger partial charge in [-0.3, -0.25) is 9.69 Å². The van der Waals surface area contributed by atoms with E-state index in [0.717, 1.165) is 5.56 Å². The number of ether oxygens (including phenoxy) is 2. The van der Waals surface area contributed by atoms with E-state index in [1.54, 1.807) is 0 Å². The van der Waals surface area contributed by atoms with Gasteiger partial charge in [0, 0.05) is 12.6 Å². The van der Waals surface area contributed by atoms with E-state index in [2.05, 4.69) is 5.32 Å². The van der Waals surface area contributed by atoms with Crippen LogP contribution in [0.3, 0.4) is 0 Å². The molecule has 6 heteroatoms. The molecule has 1 aromatic rings. The molecule has 1 N–H and O–H groups in total. The predicted octanol–water partition coefficient (Wildman–Crippen LogP) is 1.16. The number of methoxy groups -OCH3 is 1. The van der Waals surface area contributed by atoms with Crippen molar-refractivity contribution in [2.45, 2.75) is 25.1 Å². The quantitative estimate of drug-likeness (QED) is 0.843. The molecule has 0 bridgehead atoms. The number of benzene rings is 1. The van der Waals surface area contributed by atoms with Crippen molar-refractivity contribution in [2.24, 2.45) is 0 Å². The molecule has 1 aromatic carbocycles. The Kier molecular flexibility index (Phi) is 5.16. The van der Waals surface area contributed by atoms with Crippen LogP contribution < -0.4 is 5.32 Å². The molecule has 0 saturated carbocycles. The zero-order chi connectivity index (χ0) is 15.2. The monoisotopic (exact) mass is 292 g/mol. The van der Waals surface area contributed by atoms with Crippen molar-refractivity contribution >= 4 is 12.1 Å². The summed E-state index contributed by atoms with van der Waals surface area (Å²) in [6, 6.07) is 9.06. The minimum absolute atomic E-state index is 0.109. The highest BCUT2D eigenvalue weighted by Gasteiger charge is 2.36. The van der Waals surface area contributed by atoms with E-state index in [0.29, 0.717) is 13.0 Å². The number of nitrogens with zero attached hydrogens (tertiary/aromatic N) is 1. The van der Waals surface area contributed by atoms with Crippen molar-refractivity contribution in [1.82, 2.24) is 10.2 Å². The highest BCUT2D eigenvalue weighted by molar-refractivity contribution is 5.76. The summed E-state index contributed by atoms with van der Waals surface area (Å²) in [5, 5.41) is 2.78. The normalized spacial score (nSPS) is 21.8. The van der Waals surface area contributed by atoms with Gasteiger partial charge in [-0.25, -0.2) is 4.79 Å². The van der Waals surface area contributed by atoms with Crippen molar-refractivity contribution in [3.63, 3.8) is 0 Å². The van der Waals surface area contributed by atoms with Gasteiger partial charge in [0.1, 0.15) is 12.6 Å². The molecular formula is C15H20N2O4. The Morgan fingerprint density at radius 2 is 2.05 bits per heavy atom. The number of likely N-dealkylation sites (tertiary alicyclic amines) is 1. The molecule has 1 amide bonds. The topological polar surface area (TPSA) is 67.9 Å². The Bertz CT molecular complexity index is 492. The van der Waals surface area contributed by atoms with Gasteiger partial charge >= 0.3 is 12.1 Å². The van der Waals surface area contributed by atoms with Crippen LogP contribution in [0.2, 0.25) is 0 Å². The van der Waals surface area contributed by atoms with E-state index in [4.69, 9.17) is 9.47 Å². The van der Waals surface area contributed by atoms with Crippen molar-refractivity contribution in [3.8, 4) is 0 Å². The minimum Gasteiger partial charge on any atom is -0.468 e. The molecule has 6 nitrogen and oxygen atoms in total. The van der Waals surface area contributed by atoms with Crippen LogP contribution in [0.1, 0.15) is 12.0 Å². The van der Waals surface area contributed by atoms with Crippen LogP contribution in [0.5, 0.6) is 0 Å². The van der Waals surface area contributed by atoms with Crippen LogP contribution in [-0.4, -0.2) is 49.7 Å². The number of hydrogen-bond donors (Lipinski definition) is 1. The molecule has 1 aliphatic rings. The van der Waals surface area contributed by atoms with Gasteiger partial charge in [-0.2, -0.15) is 0 Å². The number of likely N-dealkylation sites (N-methyl/N-ethyl adjacent to an activating group) is 1. The number of amides is 1. The molecule has 2 atom stereocenters. The molecule has 0 aromatic heterocycles. The largest absolute Gasteiger partial charge is 0.468 e. The summed E-state index contributed by atoms with van der Waals surface area (Å²) in [6.07, 6.45) is 0.0617. The molecule has 1 heterocycles. The predicted molar refractivity (Wildman–Crippen MR) is 76.6 cm³/mol. The SMILES string of the molecule is COC(=O)C1CC(NC(=O)OCc2ccccc2)CN1C. The summed E-state index contributed by atoms with van der Waals surface area (Å²) in [4.78, 5) is 25.2. The summed E-state index contributed by atoms with van der Waals surface area (Å²) >= 11 is 0. The number of rotatable bonds is 4. The fourth-order valence-electron chi connectivity index (χ4n) is 2.45. The summed E-state index contributed by atoms with van der Waals surface area (Å²) in [5.41, 5.74) is 0.934. The fraction of sp³-hybridized carbons (Fsp3) is 0.467. The maximum Gasteiger partial charge on any atom is 0.407 e. The number of nitrogens with one attached hydrogen (secondary N) is 1. The van der Waals surface area contributed by atoms with Crippen molar-refractivity contribution in [3.05, 3.63) is 35.9 Å². The Morgan fingerprint density at radius 1 is 1.33 bits per heavy atom. The molecule has 1 fully saturated rings. The zero-order valence-electron chi connectivity index (χ0n) is 12.2. The Labute approximate surface area is 124 Å². The minimum atomic E-state index is -0.470. The van der Waals surface area contributed by atoms with Gasteiger partial charge in [-0.15, -0.1) is 0 Å². The van der Waals surface area contributed by atoms with Crippen LogP contribution in [0.15, 0.2) is 30.3 Å². The number of esters is 1. The summed E-state index contributed by atoms with van der Waals surface area (Å²) in [6.45, 7) is 0.829. The van der Waals surface area contributed by atoms with E-state index in [9.17, 15) is 9.59 Å². The molecule has 1 saturated heterocycles. The lowest BCUT2D eigenvalue weighted by Crippen LogP contribution is -2.36. The van der Waals surface area contributed by atoms with E-state index in [1.807, 2.05) is 42.3 Å². The maximum atomic E-state index is 11.8. The Morgan fingerprint density at radius 3 is 2.71 bits per heavy atom. The molecule has 1 aliphatic heterocycles. The van der Waals surface area contributed by atoms with E-state index in [1.165, 1.54) is 7.11 Å². The maximum absolute atomic E-state index is 11.8. The molecule has 0 radical (unpaired) electrons. The average molecular weight is 292 g/mol. The summed E-state index contributed by atoms with van der Waals surface area (Å²) < 4.78 is 9.90. The second-order valence-electron chi connectivity index (χ2n) is 5.12. The lowest BCUT2D eigenvalue weighted by Gasteiger charge is -2.15. The standard InChI is InChI=1S/C15H20N2O4/c1-17-9-12(8-13(17)14(18)20-2)16-15(19)21-10-11-6-4-3-5-7-11/h3-7,12-13H,8-10H2,1-2H3,(H,16,19). The fourth-order valence-corrected chi connectivity index (χ4v) is 2.45. The van der Waals surface area contributed by atoms with Gasteiger partial charge in [0.2, 0.25) is 0 Å². The second-order valence-corrected chi connectivity index (χ2v) is 5.12. The molecule has 21 heavy (non-hydrogen) atoms. The Hall–Kier alpha value is -2.08. The van der Waals surface area contributed by atoms with Crippen molar-refractivity contribution in [1.29, 1.82) is 0 Å².